The molecule has 0 aliphatic carbocycles. The van der Waals surface area contributed by atoms with Crippen molar-refractivity contribution in [3.63, 3.8) is 0 Å². The highest BCUT2D eigenvalue weighted by Crippen LogP contribution is 2.24. The number of anilines is 3. The Morgan fingerprint density at radius 3 is 1.59 bits per heavy atom. The van der Waals surface area contributed by atoms with Crippen molar-refractivity contribution in [3.8, 4) is 0 Å². The molecule has 216 valence electrons. The van der Waals surface area contributed by atoms with Crippen molar-refractivity contribution in [2.24, 2.45) is 21.1 Å². The van der Waals surface area contributed by atoms with Gasteiger partial charge < -0.3 is 39.9 Å². The van der Waals surface area contributed by atoms with Gasteiger partial charge in [-0.1, -0.05) is 0 Å². The van der Waals surface area contributed by atoms with Gasteiger partial charge in [0.05, 0.1) is 25.7 Å². The van der Waals surface area contributed by atoms with Crippen LogP contribution in [0.4, 0.5) is 17.1 Å². The van der Waals surface area contributed by atoms with Crippen LogP contribution in [0.2, 0.25) is 0 Å². The first-order valence-electron chi connectivity index (χ1n) is 12.5. The average molecular weight is 644 g/mol. The van der Waals surface area contributed by atoms with Crippen molar-refractivity contribution < 1.29 is 19.2 Å². The molecule has 0 aliphatic rings. The van der Waals surface area contributed by atoms with Crippen LogP contribution in [-0.4, -0.2) is 69.4 Å². The second-order valence-electron chi connectivity index (χ2n) is 9.70. The number of hydrogen-bond donors (Lipinski definition) is 4. The highest BCUT2D eigenvalue weighted by molar-refractivity contribution is 9.11. The third kappa shape index (κ3) is 7.34. The smallest absolute Gasteiger partial charge is 0.272 e. The molecule has 0 saturated carbocycles. The van der Waals surface area contributed by atoms with Gasteiger partial charge in [-0.15, -0.1) is 11.3 Å². The van der Waals surface area contributed by atoms with Crippen molar-refractivity contribution in [3.05, 3.63) is 74.7 Å². The number of carbonyl (C=O) groups excluding carboxylic acids is 4. The third-order valence-corrected chi connectivity index (χ3v) is 7.75. The molecule has 0 aliphatic heterocycles. The topological polar surface area (TPSA) is 134 Å². The Morgan fingerprint density at radius 1 is 0.732 bits per heavy atom. The second kappa shape index (κ2) is 12.6. The van der Waals surface area contributed by atoms with Crippen molar-refractivity contribution in [2.75, 3.05) is 43.1 Å². The zero-order valence-electron chi connectivity index (χ0n) is 23.2. The summed E-state index contributed by atoms with van der Waals surface area (Å²) in [4.78, 5) is 53.5. The first-order valence-corrected chi connectivity index (χ1v) is 14.1. The lowest BCUT2D eigenvalue weighted by Crippen LogP contribution is -2.32. The van der Waals surface area contributed by atoms with Crippen LogP contribution in [0.5, 0.6) is 0 Å². The van der Waals surface area contributed by atoms with Crippen LogP contribution >= 0.6 is 27.3 Å². The number of likely N-dealkylation sites (N-methyl/N-ethyl adjacent to an activating group) is 1. The van der Waals surface area contributed by atoms with Gasteiger partial charge in [0.25, 0.3) is 23.6 Å². The molecule has 0 bridgehead atoms. The number of amides is 4. The van der Waals surface area contributed by atoms with E-state index in [2.05, 4.69) is 37.2 Å². The summed E-state index contributed by atoms with van der Waals surface area (Å²) in [5, 5.41) is 11.3. The van der Waals surface area contributed by atoms with Crippen LogP contribution in [0.1, 0.15) is 41.1 Å². The number of aryl methyl sites for hydroxylation is 3. The lowest BCUT2D eigenvalue weighted by atomic mass is 10.3. The summed E-state index contributed by atoms with van der Waals surface area (Å²) in [6, 6.07) is 8.26. The van der Waals surface area contributed by atoms with Crippen molar-refractivity contribution in [1.29, 1.82) is 0 Å². The molecule has 0 saturated heterocycles. The summed E-state index contributed by atoms with van der Waals surface area (Å²) in [5.74, 6) is -1.31. The van der Waals surface area contributed by atoms with E-state index < -0.39 is 11.8 Å². The first-order chi connectivity index (χ1) is 19.4. The average Bonchev–Trinajstić information content (AvgIpc) is 3.66. The minimum Gasteiger partial charge on any atom is -0.349 e. The van der Waals surface area contributed by atoms with E-state index in [-0.39, 0.29) is 11.8 Å². The predicted octanol–water partition coefficient (Wildman–Crippen LogP) is 3.57. The maximum Gasteiger partial charge on any atom is 0.272 e. The molecule has 41 heavy (non-hydrogen) atoms. The van der Waals surface area contributed by atoms with E-state index in [9.17, 15) is 19.2 Å². The van der Waals surface area contributed by atoms with Gasteiger partial charge in [-0.05, 0) is 60.4 Å². The van der Waals surface area contributed by atoms with Gasteiger partial charge in [-0.3, -0.25) is 19.2 Å². The Balaban J connectivity index is 1.38. The molecule has 0 fully saturated rings. The fourth-order valence-corrected chi connectivity index (χ4v) is 5.36. The first kappa shape index (κ1) is 29.8. The van der Waals surface area contributed by atoms with Crippen LogP contribution in [0.3, 0.4) is 0 Å². The second-order valence-corrected chi connectivity index (χ2v) is 12.2. The molecule has 4 rings (SSSR count). The van der Waals surface area contributed by atoms with Crippen LogP contribution < -0.4 is 21.3 Å². The number of halogens is 1. The van der Waals surface area contributed by atoms with Crippen molar-refractivity contribution in [2.45, 2.75) is 0 Å². The zero-order chi connectivity index (χ0) is 29.8. The highest BCUT2D eigenvalue weighted by Gasteiger charge is 2.19. The zero-order valence-corrected chi connectivity index (χ0v) is 25.6. The van der Waals surface area contributed by atoms with E-state index in [0.717, 1.165) is 3.79 Å². The number of nitrogens with one attached hydrogen (secondary N) is 4. The van der Waals surface area contributed by atoms with E-state index >= 15 is 0 Å². The maximum absolute atomic E-state index is 13.0. The SMILES string of the molecule is CN(C)CCNC(=O)c1cc(NC(=O)c2cc(NC(=O)c3cc(NC(=O)c4ccc(Br)s4)cn3C)cn2C)cn1C. The van der Waals surface area contributed by atoms with E-state index in [1.54, 1.807) is 83.8 Å². The normalized spacial score (nSPS) is 11.0. The quantitative estimate of drug-likeness (QED) is 0.210. The van der Waals surface area contributed by atoms with E-state index in [1.807, 2.05) is 19.0 Å². The predicted molar refractivity (Wildman–Crippen MR) is 163 cm³/mol. The summed E-state index contributed by atoms with van der Waals surface area (Å²) < 4.78 is 5.69. The van der Waals surface area contributed by atoms with Crippen molar-refractivity contribution in [1.82, 2.24) is 23.9 Å². The van der Waals surface area contributed by atoms with E-state index in [4.69, 9.17) is 0 Å². The van der Waals surface area contributed by atoms with Gasteiger partial charge >= 0.3 is 0 Å². The molecule has 0 atom stereocenters. The monoisotopic (exact) mass is 642 g/mol. The molecular formula is C27H31BrN8O4S. The van der Waals surface area contributed by atoms with Crippen LogP contribution in [0, 0.1) is 0 Å². The molecule has 4 aromatic heterocycles. The summed E-state index contributed by atoms with van der Waals surface area (Å²) in [7, 11) is 8.98. The molecular weight excluding hydrogens is 612 g/mol. The molecule has 4 aromatic rings. The van der Waals surface area contributed by atoms with Gasteiger partial charge in [0.2, 0.25) is 0 Å². The summed E-state index contributed by atoms with van der Waals surface area (Å²) in [6.45, 7) is 1.21. The Kier molecular flexibility index (Phi) is 9.15. The molecule has 0 spiro atoms. The third-order valence-electron chi connectivity index (χ3n) is 6.13. The van der Waals surface area contributed by atoms with Crippen molar-refractivity contribution >= 4 is 68.0 Å². The molecule has 14 heteroatoms. The number of carbonyl (C=O) groups is 4. The fraction of sp³-hybridized carbons (Fsp3) is 0.259. The molecule has 4 N–H and O–H groups in total. The van der Waals surface area contributed by atoms with Crippen LogP contribution in [0.25, 0.3) is 0 Å². The van der Waals surface area contributed by atoms with Gasteiger partial charge in [0.1, 0.15) is 17.1 Å². The summed E-state index contributed by atoms with van der Waals surface area (Å²) in [6.07, 6.45) is 4.94. The minimum absolute atomic E-state index is 0.235. The number of hydrogen-bond acceptors (Lipinski definition) is 6. The largest absolute Gasteiger partial charge is 0.349 e. The fourth-order valence-electron chi connectivity index (χ4n) is 4.08. The van der Waals surface area contributed by atoms with Gasteiger partial charge in [-0.2, -0.15) is 0 Å². The Labute approximate surface area is 249 Å². The van der Waals surface area contributed by atoms with Gasteiger partial charge in [0, 0.05) is 52.8 Å². The molecule has 12 nitrogen and oxygen atoms in total. The van der Waals surface area contributed by atoms with E-state index in [0.29, 0.717) is 52.1 Å². The Morgan fingerprint density at radius 2 is 1.17 bits per heavy atom. The lowest BCUT2D eigenvalue weighted by Gasteiger charge is -2.10. The Hall–Kier alpha value is -4.14. The number of rotatable bonds is 10. The Bertz CT molecular complexity index is 1610. The number of thiophene rings is 1. The molecule has 0 radical (unpaired) electrons. The van der Waals surface area contributed by atoms with Crippen LogP contribution in [-0.2, 0) is 21.1 Å². The summed E-state index contributed by atoms with van der Waals surface area (Å²) >= 11 is 4.65. The summed E-state index contributed by atoms with van der Waals surface area (Å²) in [5.41, 5.74) is 2.42. The van der Waals surface area contributed by atoms with E-state index in [1.165, 1.54) is 11.3 Å². The minimum atomic E-state index is -0.405. The number of aromatic nitrogens is 3. The molecule has 0 aromatic carbocycles. The number of nitrogens with zero attached hydrogens (tertiary/aromatic N) is 4. The molecule has 4 heterocycles. The molecule has 4 amide bonds. The standard InChI is InChI=1S/C27H31BrN8O4S/c1-33(2)9-8-29-24(37)19-10-16(13-34(19)3)30-25(38)20-11-17(14-35(20)4)31-26(39)21-12-18(15-36(21)5)32-27(40)22-6-7-23(28)41-22/h6-7,10-15H,8-9H2,1-5H3,(H,29,37)(H,30,38)(H,31,39)(H,32,40). The van der Waals surface area contributed by atoms with Gasteiger partial charge in [-0.25, -0.2) is 0 Å². The van der Waals surface area contributed by atoms with Gasteiger partial charge in [0.15, 0.2) is 0 Å². The maximum atomic E-state index is 13.0. The molecule has 0 unspecified atom stereocenters. The lowest BCUT2D eigenvalue weighted by molar-refractivity contribution is 0.0940. The van der Waals surface area contributed by atoms with Crippen LogP contribution in [0.15, 0.2) is 52.7 Å². The highest BCUT2D eigenvalue weighted by atomic mass is 79.9.